The molecule has 14 heavy (non-hydrogen) atoms. The second-order valence-corrected chi connectivity index (χ2v) is 4.55. The average Bonchev–Trinajstić information content (AvgIpc) is 2.66. The summed E-state index contributed by atoms with van der Waals surface area (Å²) in [7, 11) is 0. The summed E-state index contributed by atoms with van der Waals surface area (Å²) in [6.45, 7) is 2.17. The number of alkyl halides is 1. The molecule has 2 rings (SSSR count). The first-order chi connectivity index (χ1) is 6.38. The van der Waals surface area contributed by atoms with Gasteiger partial charge in [0.1, 0.15) is 0 Å². The Morgan fingerprint density at radius 2 is 2.00 bits per heavy atom. The molecule has 0 aliphatic heterocycles. The third-order valence-corrected chi connectivity index (χ3v) is 3.40. The molecular weight excluding hydrogens is 488 g/mol. The van der Waals surface area contributed by atoms with Gasteiger partial charge in [-0.1, -0.05) is 41.6 Å². The van der Waals surface area contributed by atoms with Crippen LogP contribution in [0.2, 0.25) is 0 Å². The largest absolute Gasteiger partial charge is 1.00 e. The predicted octanol–water partition coefficient (Wildman–Crippen LogP) is 4.53. The van der Waals surface area contributed by atoms with Gasteiger partial charge in [-0.2, -0.15) is 11.5 Å². The third-order valence-electron chi connectivity index (χ3n) is 1.49. The fraction of sp³-hybridized carbons (Fsp3) is 0.273. The Morgan fingerprint density at radius 3 is 2.57 bits per heavy atom. The van der Waals surface area contributed by atoms with Crippen LogP contribution in [-0.4, -0.2) is 4.43 Å². The number of fused-ring (bicyclic) bond motifs is 1. The Hall–Kier alpha value is 0.650. The summed E-state index contributed by atoms with van der Waals surface area (Å²) >= 11 is 4.01. The summed E-state index contributed by atoms with van der Waals surface area (Å²) in [4.78, 5) is 0. The quantitative estimate of drug-likeness (QED) is 0.234. The van der Waals surface area contributed by atoms with E-state index in [-0.39, 0.29) is 22.4 Å². The Morgan fingerprint density at radius 1 is 1.36 bits per heavy atom. The van der Waals surface area contributed by atoms with Crippen molar-refractivity contribution < 1.29 is 22.4 Å². The summed E-state index contributed by atoms with van der Waals surface area (Å²) in [6.07, 6.45) is 1.31. The maximum absolute atomic E-state index is 3.08. The van der Waals surface area contributed by atoms with Crippen molar-refractivity contribution in [3.05, 3.63) is 35.7 Å². The van der Waals surface area contributed by atoms with E-state index in [1.54, 1.807) is 11.3 Å². The first-order valence-electron chi connectivity index (χ1n) is 4.29. The second-order valence-electron chi connectivity index (χ2n) is 2.59. The maximum atomic E-state index is 3.08. The van der Waals surface area contributed by atoms with Gasteiger partial charge in [0, 0.05) is 0 Å². The monoisotopic (exact) mass is 500 g/mol. The molecule has 2 aromatic rings. The van der Waals surface area contributed by atoms with Crippen LogP contribution in [0.25, 0.3) is 10.1 Å². The molecule has 3 heteroatoms. The molecule has 0 aliphatic rings. The fourth-order valence-electron chi connectivity index (χ4n) is 0.849. The summed E-state index contributed by atoms with van der Waals surface area (Å²) in [5.74, 6) is 0. The molecule has 80 valence electrons. The first kappa shape index (κ1) is 14.7. The molecule has 0 saturated carbocycles. The molecular formula is C11H12AuIS. The van der Waals surface area contributed by atoms with Crippen LogP contribution in [0.1, 0.15) is 13.3 Å². The average molecular weight is 500 g/mol. The van der Waals surface area contributed by atoms with Crippen LogP contribution in [-0.2, 0) is 22.4 Å². The van der Waals surface area contributed by atoms with Crippen LogP contribution in [0.15, 0.2) is 30.3 Å². The van der Waals surface area contributed by atoms with Crippen molar-refractivity contribution >= 4 is 44.0 Å². The van der Waals surface area contributed by atoms with Crippen molar-refractivity contribution in [2.24, 2.45) is 0 Å². The third kappa shape index (κ3) is 4.94. The Bertz CT molecular complexity index is 313. The molecule has 0 bridgehead atoms. The number of rotatable bonds is 1. The minimum absolute atomic E-state index is 0. The zero-order chi connectivity index (χ0) is 9.52. The van der Waals surface area contributed by atoms with Crippen molar-refractivity contribution in [2.45, 2.75) is 13.3 Å². The Balaban J connectivity index is 0.000000299. The van der Waals surface area contributed by atoms with Gasteiger partial charge in [-0.25, -0.2) is 0 Å². The van der Waals surface area contributed by atoms with Crippen molar-refractivity contribution in [3.8, 4) is 0 Å². The molecule has 0 spiro atoms. The van der Waals surface area contributed by atoms with E-state index < -0.39 is 0 Å². The zero-order valence-corrected chi connectivity index (χ0v) is 13.0. The molecule has 1 heterocycles. The van der Waals surface area contributed by atoms with E-state index in [1.807, 2.05) is 18.2 Å². The van der Waals surface area contributed by atoms with E-state index in [1.165, 1.54) is 20.9 Å². The van der Waals surface area contributed by atoms with Crippen LogP contribution >= 0.6 is 33.9 Å². The molecule has 0 nitrogen and oxygen atoms in total. The van der Waals surface area contributed by atoms with E-state index in [4.69, 9.17) is 0 Å². The first-order valence-corrected chi connectivity index (χ1v) is 6.63. The van der Waals surface area contributed by atoms with Crippen LogP contribution in [0, 0.1) is 5.38 Å². The number of halogens is 1. The number of thiophene rings is 1. The predicted molar refractivity (Wildman–Crippen MR) is 69.8 cm³/mol. The van der Waals surface area contributed by atoms with Crippen molar-refractivity contribution in [1.29, 1.82) is 0 Å². The SMILES string of the molecule is CCCI.[Au+].[c-]1cc2ccccc2s1. The molecule has 0 saturated heterocycles. The molecule has 0 radical (unpaired) electrons. The molecule has 0 aliphatic carbocycles. The molecule has 0 unspecified atom stereocenters. The molecule has 0 N–H and O–H groups in total. The van der Waals surface area contributed by atoms with Crippen molar-refractivity contribution in [2.75, 3.05) is 4.43 Å². The zero-order valence-electron chi connectivity index (χ0n) is 7.89. The summed E-state index contributed by atoms with van der Waals surface area (Å²) in [5, 5.41) is 4.37. The molecule has 0 fully saturated rings. The van der Waals surface area contributed by atoms with Gasteiger partial charge in [0.05, 0.1) is 0 Å². The van der Waals surface area contributed by atoms with Crippen LogP contribution < -0.4 is 0 Å². The maximum Gasteiger partial charge on any atom is 1.00 e. The molecule has 0 amide bonds. The van der Waals surface area contributed by atoms with Gasteiger partial charge < -0.3 is 0 Å². The number of benzene rings is 1. The second kappa shape index (κ2) is 8.92. The van der Waals surface area contributed by atoms with Crippen LogP contribution in [0.4, 0.5) is 0 Å². The summed E-state index contributed by atoms with van der Waals surface area (Å²) in [5.41, 5.74) is 0. The van der Waals surface area contributed by atoms with E-state index >= 15 is 0 Å². The van der Waals surface area contributed by atoms with Crippen molar-refractivity contribution in [3.63, 3.8) is 0 Å². The standard InChI is InChI=1S/C8H5S.C3H7I.Au/c1-2-4-8-7(3-1)5-6-9-8;1-2-3-4;/h1-5H;2-3H2,1H3;/q-1;;+1. The molecule has 1 aromatic heterocycles. The topological polar surface area (TPSA) is 0 Å². The summed E-state index contributed by atoms with van der Waals surface area (Å²) < 4.78 is 2.61. The summed E-state index contributed by atoms with van der Waals surface area (Å²) in [6, 6.07) is 10.3. The molecule has 0 atom stereocenters. The van der Waals surface area contributed by atoms with Gasteiger partial charge in [0.2, 0.25) is 0 Å². The van der Waals surface area contributed by atoms with Gasteiger partial charge in [0.15, 0.2) is 0 Å². The normalized spacial score (nSPS) is 8.71. The van der Waals surface area contributed by atoms with E-state index in [0.29, 0.717) is 0 Å². The number of hydrogen-bond donors (Lipinski definition) is 0. The van der Waals surface area contributed by atoms with Gasteiger partial charge in [-0.05, 0) is 10.8 Å². The van der Waals surface area contributed by atoms with Gasteiger partial charge in [0.25, 0.3) is 0 Å². The van der Waals surface area contributed by atoms with E-state index in [2.05, 4.69) is 47.0 Å². The fourth-order valence-corrected chi connectivity index (χ4v) is 1.55. The van der Waals surface area contributed by atoms with Crippen molar-refractivity contribution in [1.82, 2.24) is 0 Å². The smallest absolute Gasteiger partial charge is 0.296 e. The van der Waals surface area contributed by atoms with Crippen LogP contribution in [0.3, 0.4) is 0 Å². The minimum atomic E-state index is 0. The Kier molecular flexibility index (Phi) is 9.33. The number of hydrogen-bond acceptors (Lipinski definition) is 1. The van der Waals surface area contributed by atoms with Gasteiger partial charge in [-0.3, -0.25) is 11.3 Å². The minimum Gasteiger partial charge on any atom is -0.296 e. The van der Waals surface area contributed by atoms with Gasteiger partial charge >= 0.3 is 22.4 Å². The van der Waals surface area contributed by atoms with Gasteiger partial charge in [-0.15, -0.1) is 22.2 Å². The Labute approximate surface area is 119 Å². The van der Waals surface area contributed by atoms with Crippen LogP contribution in [0.5, 0.6) is 0 Å². The van der Waals surface area contributed by atoms with E-state index in [0.717, 1.165) is 0 Å². The van der Waals surface area contributed by atoms with E-state index in [9.17, 15) is 0 Å². The molecule has 1 aromatic carbocycles.